The normalized spacial score (nSPS) is 11.0. The Morgan fingerprint density at radius 3 is 2.50 bits per heavy atom. The summed E-state index contributed by atoms with van der Waals surface area (Å²) in [4.78, 5) is 11.9. The van der Waals surface area contributed by atoms with Crippen LogP contribution in [-0.4, -0.2) is 21.2 Å². The smallest absolute Gasteiger partial charge is 0.416 e. The number of rotatable bonds is 4. The third-order valence-corrected chi connectivity index (χ3v) is 4.18. The molecule has 6 nitrogen and oxygen atoms in total. The molecule has 0 saturated carbocycles. The quantitative estimate of drug-likeness (QED) is 0.612. The summed E-state index contributed by atoms with van der Waals surface area (Å²) in [6, 6.07) is 9.17. The lowest BCUT2D eigenvalue weighted by Crippen LogP contribution is -2.20. The molecule has 2 aromatic carbocycles. The number of nitrogens with one attached hydrogen (secondary N) is 1. The van der Waals surface area contributed by atoms with Gasteiger partial charge >= 0.3 is 6.18 Å². The molecule has 0 atom stereocenters. The van der Waals surface area contributed by atoms with Crippen LogP contribution in [0.15, 0.2) is 46.9 Å². The second-order valence-electron chi connectivity index (χ2n) is 5.98. The van der Waals surface area contributed by atoms with Gasteiger partial charge in [-0.1, -0.05) is 29.7 Å². The molecule has 3 rings (SSSR count). The largest absolute Gasteiger partial charge is 0.418 e. The van der Waals surface area contributed by atoms with E-state index in [0.29, 0.717) is 16.7 Å². The van der Waals surface area contributed by atoms with Gasteiger partial charge in [0.15, 0.2) is 0 Å². The van der Waals surface area contributed by atoms with Gasteiger partial charge in [-0.25, -0.2) is 0 Å². The van der Waals surface area contributed by atoms with Gasteiger partial charge in [-0.15, -0.1) is 10.2 Å². The van der Waals surface area contributed by atoms with Gasteiger partial charge in [0.05, 0.1) is 10.6 Å². The molecular formula is C20H13ClF3N3O3. The second-order valence-corrected chi connectivity index (χ2v) is 6.39. The van der Waals surface area contributed by atoms with Crippen LogP contribution >= 0.6 is 11.6 Å². The van der Waals surface area contributed by atoms with Crippen LogP contribution in [0.4, 0.5) is 13.2 Å². The average Bonchev–Trinajstić information content (AvgIpc) is 3.20. The molecule has 3 aromatic rings. The number of benzene rings is 2. The summed E-state index contributed by atoms with van der Waals surface area (Å²) in [5.74, 6) is 4.62. The molecule has 0 fully saturated rings. The van der Waals surface area contributed by atoms with Crippen LogP contribution in [0.25, 0.3) is 11.5 Å². The third kappa shape index (κ3) is 5.37. The molecule has 0 unspecified atom stereocenters. The molecule has 0 bridgehead atoms. The Labute approximate surface area is 173 Å². The van der Waals surface area contributed by atoms with E-state index in [1.165, 1.54) is 18.2 Å². The number of carbonyl (C=O) groups excluding carboxylic acids is 1. The highest BCUT2D eigenvalue weighted by Gasteiger charge is 2.29. The van der Waals surface area contributed by atoms with Crippen LogP contribution in [0, 0.1) is 11.8 Å². The highest BCUT2D eigenvalue weighted by molar-refractivity contribution is 6.32. The van der Waals surface area contributed by atoms with Crippen LogP contribution in [0.2, 0.25) is 5.02 Å². The minimum atomic E-state index is -4.41. The Morgan fingerprint density at radius 2 is 1.90 bits per heavy atom. The summed E-state index contributed by atoms with van der Waals surface area (Å²) in [7, 11) is 0. The van der Waals surface area contributed by atoms with E-state index in [2.05, 4.69) is 27.4 Å². The first kappa shape index (κ1) is 21.4. The molecule has 0 radical (unpaired) electrons. The molecule has 0 aliphatic carbocycles. The molecule has 1 heterocycles. The lowest BCUT2D eigenvalue weighted by molar-refractivity contribution is -0.137. The van der Waals surface area contributed by atoms with E-state index in [4.69, 9.17) is 21.1 Å². The van der Waals surface area contributed by atoms with E-state index in [-0.39, 0.29) is 30.0 Å². The van der Waals surface area contributed by atoms with Gasteiger partial charge in [0.1, 0.15) is 6.61 Å². The molecule has 0 aliphatic rings. The maximum Gasteiger partial charge on any atom is 0.416 e. The number of hydrogen-bond donors (Lipinski definition) is 2. The molecule has 154 valence electrons. The summed E-state index contributed by atoms with van der Waals surface area (Å²) in [5.41, 5.74) is 0.641. The lowest BCUT2D eigenvalue weighted by Gasteiger charge is -2.07. The highest BCUT2D eigenvalue weighted by atomic mass is 35.5. The summed E-state index contributed by atoms with van der Waals surface area (Å²) in [6.45, 7) is -0.353. The zero-order chi connectivity index (χ0) is 21.7. The number of carbonyl (C=O) groups is 1. The molecule has 0 aliphatic heterocycles. The van der Waals surface area contributed by atoms with Gasteiger partial charge in [0, 0.05) is 23.6 Å². The first-order valence-electron chi connectivity index (χ1n) is 8.45. The summed E-state index contributed by atoms with van der Waals surface area (Å²) >= 11 is 6.16. The van der Waals surface area contributed by atoms with Crippen LogP contribution in [0.3, 0.4) is 0 Å². The van der Waals surface area contributed by atoms with Gasteiger partial charge in [-0.2, -0.15) is 13.2 Å². The molecule has 2 N–H and O–H groups in total. The summed E-state index contributed by atoms with van der Waals surface area (Å²) in [5, 5.41) is 19.1. The maximum absolute atomic E-state index is 12.5. The van der Waals surface area contributed by atoms with Gasteiger partial charge in [0.2, 0.25) is 11.8 Å². The minimum Gasteiger partial charge on any atom is -0.418 e. The van der Waals surface area contributed by atoms with Crippen molar-refractivity contribution in [2.24, 2.45) is 0 Å². The fourth-order valence-electron chi connectivity index (χ4n) is 2.35. The van der Waals surface area contributed by atoms with Crippen molar-refractivity contribution in [1.82, 2.24) is 15.5 Å². The number of aromatic nitrogens is 2. The highest BCUT2D eigenvalue weighted by Crippen LogP contribution is 2.29. The van der Waals surface area contributed by atoms with E-state index in [1.807, 2.05) is 0 Å². The molecule has 10 heteroatoms. The maximum atomic E-state index is 12.5. The number of alkyl halides is 3. The Hall–Kier alpha value is -3.35. The Balaban J connectivity index is 1.61. The van der Waals surface area contributed by atoms with E-state index in [1.54, 1.807) is 12.1 Å². The topological polar surface area (TPSA) is 88.2 Å². The van der Waals surface area contributed by atoms with Crippen molar-refractivity contribution in [2.75, 3.05) is 0 Å². The third-order valence-electron chi connectivity index (χ3n) is 3.86. The number of hydrogen-bond acceptors (Lipinski definition) is 5. The van der Waals surface area contributed by atoms with Gasteiger partial charge < -0.3 is 14.8 Å². The Morgan fingerprint density at radius 1 is 1.17 bits per heavy atom. The van der Waals surface area contributed by atoms with Crippen LogP contribution in [0.5, 0.6) is 0 Å². The van der Waals surface area contributed by atoms with Crippen molar-refractivity contribution < 1.29 is 27.5 Å². The Kier molecular flexibility index (Phi) is 6.40. The van der Waals surface area contributed by atoms with E-state index >= 15 is 0 Å². The van der Waals surface area contributed by atoms with Crippen LogP contribution in [-0.2, 0) is 24.1 Å². The predicted octanol–water partition coefficient (Wildman–Crippen LogP) is 3.57. The molecule has 30 heavy (non-hydrogen) atoms. The monoisotopic (exact) mass is 435 g/mol. The molecule has 0 saturated heterocycles. The number of nitrogens with zero attached hydrogens (tertiary/aromatic N) is 2. The minimum absolute atomic E-state index is 0.0304. The molecule has 1 amide bonds. The Bertz CT molecular complexity index is 1120. The number of amides is 1. The summed E-state index contributed by atoms with van der Waals surface area (Å²) in [6.07, 6.45) is -4.41. The van der Waals surface area contributed by atoms with Crippen molar-refractivity contribution in [3.63, 3.8) is 0 Å². The van der Waals surface area contributed by atoms with Crippen molar-refractivity contribution in [1.29, 1.82) is 0 Å². The number of aliphatic hydroxyl groups is 1. The van der Waals surface area contributed by atoms with Crippen LogP contribution < -0.4 is 5.32 Å². The van der Waals surface area contributed by atoms with Crippen molar-refractivity contribution in [3.8, 4) is 23.3 Å². The zero-order valence-electron chi connectivity index (χ0n) is 15.1. The fraction of sp³-hybridized carbons (Fsp3) is 0.150. The van der Waals surface area contributed by atoms with E-state index in [0.717, 1.165) is 12.1 Å². The zero-order valence-corrected chi connectivity index (χ0v) is 15.9. The van der Waals surface area contributed by atoms with E-state index in [9.17, 15) is 18.0 Å². The lowest BCUT2D eigenvalue weighted by atomic mass is 10.1. The molecular weight excluding hydrogens is 423 g/mol. The van der Waals surface area contributed by atoms with Crippen molar-refractivity contribution in [3.05, 3.63) is 70.1 Å². The van der Waals surface area contributed by atoms with Gasteiger partial charge in [-0.3, -0.25) is 4.79 Å². The van der Waals surface area contributed by atoms with Gasteiger partial charge in [-0.05, 0) is 35.9 Å². The SMILES string of the molecule is O=C(C#Cc1ccc(-c2nnc(CO)o2)cc1Cl)NCc1ccc(C(F)(F)F)cc1. The predicted molar refractivity (Wildman–Crippen MR) is 101 cm³/mol. The summed E-state index contributed by atoms with van der Waals surface area (Å²) < 4.78 is 42.9. The first-order valence-corrected chi connectivity index (χ1v) is 8.83. The number of halogens is 4. The average molecular weight is 436 g/mol. The van der Waals surface area contributed by atoms with E-state index < -0.39 is 17.6 Å². The van der Waals surface area contributed by atoms with Crippen molar-refractivity contribution >= 4 is 17.5 Å². The fourth-order valence-corrected chi connectivity index (χ4v) is 2.57. The van der Waals surface area contributed by atoms with Gasteiger partial charge in [0.25, 0.3) is 5.91 Å². The van der Waals surface area contributed by atoms with Crippen LogP contribution in [0.1, 0.15) is 22.6 Å². The standard InChI is InChI=1S/C20H13ClF3N3O3/c21-16-9-14(19-27-26-18(11-28)30-19)4-3-13(16)5-8-17(29)25-10-12-1-6-15(7-2-12)20(22,23)24/h1-4,6-7,9,28H,10-11H2,(H,25,29). The van der Waals surface area contributed by atoms with Crippen molar-refractivity contribution in [2.45, 2.75) is 19.3 Å². The molecule has 0 spiro atoms. The number of aliphatic hydroxyl groups excluding tert-OH is 1. The first-order chi connectivity index (χ1) is 14.3. The molecule has 1 aromatic heterocycles. The second kappa shape index (κ2) is 8.98.